The Labute approximate surface area is 191 Å². The zero-order valence-corrected chi connectivity index (χ0v) is 19.0. The lowest BCUT2D eigenvalue weighted by Gasteiger charge is -2.26. The van der Waals surface area contributed by atoms with E-state index in [1.165, 1.54) is 0 Å². The van der Waals surface area contributed by atoms with E-state index in [2.05, 4.69) is 10.2 Å². The molecule has 1 aromatic carbocycles. The Bertz CT molecular complexity index is 1040. The largest absolute Gasteiger partial charge is 0.504 e. The number of fused-ring (bicyclic) bond motifs is 1. The number of hydrogen-bond donors (Lipinski definition) is 2. The molecule has 0 spiro atoms. The van der Waals surface area contributed by atoms with Crippen molar-refractivity contribution in [2.45, 2.75) is 19.8 Å². The summed E-state index contributed by atoms with van der Waals surface area (Å²) in [4.78, 5) is 38.5. The minimum absolute atomic E-state index is 0.00109. The fourth-order valence-corrected chi connectivity index (χ4v) is 3.75. The number of methoxy groups -OCH3 is 1. The van der Waals surface area contributed by atoms with Crippen molar-refractivity contribution in [2.24, 2.45) is 0 Å². The van der Waals surface area contributed by atoms with Crippen molar-refractivity contribution in [1.82, 2.24) is 10.2 Å². The number of phenols is 1. The number of aryl methyl sites for hydroxylation is 1. The van der Waals surface area contributed by atoms with Gasteiger partial charge in [0.05, 0.1) is 19.8 Å². The first-order valence-corrected chi connectivity index (χ1v) is 10.9. The van der Waals surface area contributed by atoms with E-state index in [0.717, 1.165) is 13.1 Å². The van der Waals surface area contributed by atoms with Crippen molar-refractivity contribution in [3.05, 3.63) is 33.2 Å². The van der Waals surface area contributed by atoms with E-state index in [0.29, 0.717) is 62.3 Å². The minimum atomic E-state index is -0.645. The third-order valence-corrected chi connectivity index (χ3v) is 5.67. The van der Waals surface area contributed by atoms with Crippen LogP contribution in [0.5, 0.6) is 11.5 Å². The second-order valence-electron chi connectivity index (χ2n) is 7.77. The highest BCUT2D eigenvalue weighted by Gasteiger charge is 2.21. The number of morpholine rings is 1. The molecule has 2 N–H and O–H groups in total. The van der Waals surface area contributed by atoms with Gasteiger partial charge in [0.15, 0.2) is 23.4 Å². The Hall–Kier alpha value is -2.95. The number of carbonyl (C=O) groups excluding carboxylic acids is 2. The van der Waals surface area contributed by atoms with Crippen LogP contribution in [0.1, 0.15) is 27.9 Å². The standard InChI is InChI=1S/C23H30N2O8/c1-15-16(3-4-20(27)24-5-9-30-2)23(29)33-22-17(15)13-19(21(28)18(22)14-26)32-12-8-25-6-10-31-11-7-25/h13-14,28H,3-12H2,1-2H3,(H,24,27). The molecule has 0 radical (unpaired) electrons. The summed E-state index contributed by atoms with van der Waals surface area (Å²) in [7, 11) is 1.54. The predicted molar refractivity (Wildman–Crippen MR) is 120 cm³/mol. The lowest BCUT2D eigenvalue weighted by molar-refractivity contribution is -0.121. The van der Waals surface area contributed by atoms with Crippen LogP contribution in [0.4, 0.5) is 0 Å². The van der Waals surface area contributed by atoms with E-state index in [9.17, 15) is 19.5 Å². The predicted octanol–water partition coefficient (Wildman–Crippen LogP) is 1.03. The molecule has 1 saturated heterocycles. The Balaban J connectivity index is 1.82. The van der Waals surface area contributed by atoms with E-state index in [1.807, 2.05) is 0 Å². The molecule has 0 atom stereocenters. The third kappa shape index (κ3) is 6.10. The Morgan fingerprint density at radius 2 is 2.06 bits per heavy atom. The van der Waals surface area contributed by atoms with Gasteiger partial charge in [-0.15, -0.1) is 0 Å². The Morgan fingerprint density at radius 3 is 2.76 bits per heavy atom. The van der Waals surface area contributed by atoms with Crippen molar-refractivity contribution < 1.29 is 33.3 Å². The maximum absolute atomic E-state index is 12.6. The summed E-state index contributed by atoms with van der Waals surface area (Å²) in [6, 6.07) is 1.57. The molecule has 0 saturated carbocycles. The van der Waals surface area contributed by atoms with E-state index in [1.54, 1.807) is 20.1 Å². The normalized spacial score (nSPS) is 14.4. The van der Waals surface area contributed by atoms with Crippen molar-refractivity contribution in [3.63, 3.8) is 0 Å². The summed E-state index contributed by atoms with van der Waals surface area (Å²) >= 11 is 0. The molecule has 1 amide bonds. The van der Waals surface area contributed by atoms with Gasteiger partial charge >= 0.3 is 5.63 Å². The number of nitrogens with zero attached hydrogens (tertiary/aromatic N) is 1. The molecule has 1 aliphatic rings. The van der Waals surface area contributed by atoms with Crippen molar-refractivity contribution in [3.8, 4) is 11.5 Å². The van der Waals surface area contributed by atoms with Crippen molar-refractivity contribution >= 4 is 23.2 Å². The molecule has 180 valence electrons. The van der Waals surface area contributed by atoms with E-state index in [4.69, 9.17) is 18.6 Å². The summed E-state index contributed by atoms with van der Waals surface area (Å²) in [6.07, 6.45) is 0.716. The maximum atomic E-state index is 12.6. The minimum Gasteiger partial charge on any atom is -0.504 e. The molecular formula is C23H30N2O8. The van der Waals surface area contributed by atoms with Crippen LogP contribution in [-0.4, -0.2) is 81.9 Å². The lowest BCUT2D eigenvalue weighted by Crippen LogP contribution is -2.38. The average Bonchev–Trinajstić information content (AvgIpc) is 2.81. The first kappa shape index (κ1) is 24.7. The van der Waals surface area contributed by atoms with E-state index in [-0.39, 0.29) is 41.4 Å². The first-order valence-electron chi connectivity index (χ1n) is 10.9. The zero-order valence-electron chi connectivity index (χ0n) is 19.0. The van der Waals surface area contributed by atoms with Gasteiger partial charge in [0.1, 0.15) is 12.2 Å². The number of ether oxygens (including phenoxy) is 3. The number of hydrogen-bond acceptors (Lipinski definition) is 9. The van der Waals surface area contributed by atoms with Crippen LogP contribution in [0.2, 0.25) is 0 Å². The fourth-order valence-electron chi connectivity index (χ4n) is 3.75. The number of carbonyl (C=O) groups is 2. The second-order valence-corrected chi connectivity index (χ2v) is 7.77. The highest BCUT2D eigenvalue weighted by atomic mass is 16.5. The van der Waals surface area contributed by atoms with Crippen LogP contribution < -0.4 is 15.7 Å². The highest BCUT2D eigenvalue weighted by Crippen LogP contribution is 2.37. The smallest absolute Gasteiger partial charge is 0.339 e. The Morgan fingerprint density at radius 1 is 1.30 bits per heavy atom. The topological polar surface area (TPSA) is 128 Å². The number of benzene rings is 1. The van der Waals surface area contributed by atoms with Crippen LogP contribution in [0.25, 0.3) is 11.0 Å². The van der Waals surface area contributed by atoms with Gasteiger partial charge in [-0.3, -0.25) is 14.5 Å². The van der Waals surface area contributed by atoms with Crippen molar-refractivity contribution in [2.75, 3.05) is 59.7 Å². The first-order chi connectivity index (χ1) is 16.0. The fraction of sp³-hybridized carbons (Fsp3) is 0.522. The molecule has 1 aromatic heterocycles. The number of nitrogens with one attached hydrogen (secondary N) is 1. The lowest BCUT2D eigenvalue weighted by atomic mass is 9.99. The molecule has 1 aliphatic heterocycles. The van der Waals surface area contributed by atoms with Gasteiger partial charge < -0.3 is 29.1 Å². The molecule has 10 heteroatoms. The van der Waals surface area contributed by atoms with Gasteiger partial charge in [0, 0.05) is 50.7 Å². The van der Waals surface area contributed by atoms with Crippen LogP contribution in [0, 0.1) is 6.92 Å². The van der Waals surface area contributed by atoms with Crippen LogP contribution in [0.15, 0.2) is 15.3 Å². The summed E-state index contributed by atoms with van der Waals surface area (Å²) in [5.41, 5.74) is 0.128. The molecule has 2 heterocycles. The molecule has 33 heavy (non-hydrogen) atoms. The molecule has 0 aliphatic carbocycles. The van der Waals surface area contributed by atoms with Gasteiger partial charge in [-0.1, -0.05) is 0 Å². The quantitative estimate of drug-likeness (QED) is 0.286. The average molecular weight is 462 g/mol. The zero-order chi connectivity index (χ0) is 23.8. The summed E-state index contributed by atoms with van der Waals surface area (Å²) < 4.78 is 21.4. The summed E-state index contributed by atoms with van der Waals surface area (Å²) in [6.45, 7) is 6.40. The highest BCUT2D eigenvalue weighted by molar-refractivity contribution is 6.00. The molecule has 10 nitrogen and oxygen atoms in total. The third-order valence-electron chi connectivity index (χ3n) is 5.67. The molecular weight excluding hydrogens is 432 g/mol. The van der Waals surface area contributed by atoms with E-state index < -0.39 is 5.63 Å². The summed E-state index contributed by atoms with van der Waals surface area (Å²) in [5, 5.41) is 13.7. The van der Waals surface area contributed by atoms with Gasteiger partial charge in [0.2, 0.25) is 5.91 Å². The van der Waals surface area contributed by atoms with Crippen LogP contribution in [0.3, 0.4) is 0 Å². The number of phenolic OH excluding ortho intramolecular Hbond substituents is 1. The molecule has 1 fully saturated rings. The molecule has 0 unspecified atom stereocenters. The van der Waals surface area contributed by atoms with Gasteiger partial charge in [-0.2, -0.15) is 0 Å². The van der Waals surface area contributed by atoms with Gasteiger partial charge in [-0.05, 0) is 25.0 Å². The second kappa shape index (κ2) is 11.8. The van der Waals surface area contributed by atoms with Gasteiger partial charge in [-0.25, -0.2) is 4.79 Å². The SMILES string of the molecule is COCCNC(=O)CCc1c(C)c2cc(OCCN3CCOCC3)c(O)c(C=O)c2oc1=O. The van der Waals surface area contributed by atoms with E-state index >= 15 is 0 Å². The number of rotatable bonds is 11. The molecule has 0 bridgehead atoms. The monoisotopic (exact) mass is 462 g/mol. The molecule has 3 rings (SSSR count). The number of amides is 1. The van der Waals surface area contributed by atoms with Crippen LogP contribution >= 0.6 is 0 Å². The van der Waals surface area contributed by atoms with Gasteiger partial charge in [0.25, 0.3) is 0 Å². The maximum Gasteiger partial charge on any atom is 0.339 e. The Kier molecular flexibility index (Phi) is 8.81. The number of aldehydes is 1. The summed E-state index contributed by atoms with van der Waals surface area (Å²) in [5.74, 6) is -0.442. The van der Waals surface area contributed by atoms with Crippen molar-refractivity contribution in [1.29, 1.82) is 0 Å². The molecule has 2 aromatic rings. The number of aromatic hydroxyl groups is 1. The van der Waals surface area contributed by atoms with Crippen LogP contribution in [-0.2, 0) is 20.7 Å².